The number of nitriles is 1. The SMILES string of the molecule is CC(C)CC(C)(C#N)C(C)C. The second kappa shape index (κ2) is 3.76. The molecule has 0 aliphatic heterocycles. The molecule has 0 aromatic carbocycles. The second-order valence-electron chi connectivity index (χ2n) is 4.28. The Morgan fingerprint density at radius 3 is 1.82 bits per heavy atom. The van der Waals surface area contributed by atoms with Crippen molar-refractivity contribution < 1.29 is 0 Å². The Morgan fingerprint density at radius 2 is 1.73 bits per heavy atom. The summed E-state index contributed by atoms with van der Waals surface area (Å²) in [6, 6.07) is 2.41. The van der Waals surface area contributed by atoms with Crippen molar-refractivity contribution in [1.29, 1.82) is 5.26 Å². The predicted molar refractivity (Wildman–Crippen MR) is 48.0 cm³/mol. The molecule has 0 aliphatic rings. The zero-order valence-corrected chi connectivity index (χ0v) is 8.31. The topological polar surface area (TPSA) is 23.8 Å². The van der Waals surface area contributed by atoms with E-state index in [1.165, 1.54) is 0 Å². The van der Waals surface area contributed by atoms with Crippen molar-refractivity contribution >= 4 is 0 Å². The molecule has 1 heteroatoms. The molecule has 0 fully saturated rings. The first-order valence-corrected chi connectivity index (χ1v) is 4.33. The van der Waals surface area contributed by atoms with Crippen molar-refractivity contribution in [2.24, 2.45) is 17.3 Å². The van der Waals surface area contributed by atoms with E-state index in [0.29, 0.717) is 11.8 Å². The lowest BCUT2D eigenvalue weighted by molar-refractivity contribution is 0.251. The van der Waals surface area contributed by atoms with Crippen molar-refractivity contribution in [2.75, 3.05) is 0 Å². The maximum absolute atomic E-state index is 8.95. The summed E-state index contributed by atoms with van der Waals surface area (Å²) in [6.07, 6.45) is 1.00. The fraction of sp³-hybridized carbons (Fsp3) is 0.900. The van der Waals surface area contributed by atoms with E-state index < -0.39 is 0 Å². The van der Waals surface area contributed by atoms with Crippen LogP contribution in [0.5, 0.6) is 0 Å². The highest BCUT2D eigenvalue weighted by Crippen LogP contribution is 2.32. The first-order valence-electron chi connectivity index (χ1n) is 4.33. The van der Waals surface area contributed by atoms with Crippen LogP contribution >= 0.6 is 0 Å². The summed E-state index contributed by atoms with van der Waals surface area (Å²) in [5.74, 6) is 1.07. The van der Waals surface area contributed by atoms with Gasteiger partial charge in [0.15, 0.2) is 0 Å². The maximum Gasteiger partial charge on any atom is 0.0689 e. The molecule has 0 heterocycles. The van der Waals surface area contributed by atoms with E-state index in [1.54, 1.807) is 0 Å². The molecule has 0 N–H and O–H groups in total. The lowest BCUT2D eigenvalue weighted by Crippen LogP contribution is -2.23. The van der Waals surface area contributed by atoms with Crippen molar-refractivity contribution in [1.82, 2.24) is 0 Å². The summed E-state index contributed by atoms with van der Waals surface area (Å²) >= 11 is 0. The molecule has 64 valence electrons. The standard InChI is InChI=1S/C10H19N/c1-8(2)6-10(5,7-11)9(3)4/h8-9H,6H2,1-5H3. The highest BCUT2D eigenvalue weighted by atomic mass is 14.4. The number of nitrogens with zero attached hydrogens (tertiary/aromatic N) is 1. The van der Waals surface area contributed by atoms with Crippen molar-refractivity contribution in [2.45, 2.75) is 41.0 Å². The van der Waals surface area contributed by atoms with Crippen LogP contribution in [0.2, 0.25) is 0 Å². The van der Waals surface area contributed by atoms with Gasteiger partial charge in [0.2, 0.25) is 0 Å². The van der Waals surface area contributed by atoms with Crippen molar-refractivity contribution in [3.63, 3.8) is 0 Å². The summed E-state index contributed by atoms with van der Waals surface area (Å²) in [5.41, 5.74) is -0.131. The Hall–Kier alpha value is -0.510. The van der Waals surface area contributed by atoms with Crippen LogP contribution in [0.25, 0.3) is 0 Å². The zero-order chi connectivity index (χ0) is 9.07. The highest BCUT2D eigenvalue weighted by molar-refractivity contribution is 4.97. The molecule has 0 aliphatic carbocycles. The fourth-order valence-electron chi connectivity index (χ4n) is 1.26. The minimum absolute atomic E-state index is 0.131. The van der Waals surface area contributed by atoms with Crippen molar-refractivity contribution in [3.8, 4) is 6.07 Å². The third kappa shape index (κ3) is 2.93. The van der Waals surface area contributed by atoms with E-state index >= 15 is 0 Å². The van der Waals surface area contributed by atoms with Gasteiger partial charge in [-0.3, -0.25) is 0 Å². The molecule has 0 radical (unpaired) electrons. The summed E-state index contributed by atoms with van der Waals surface area (Å²) in [7, 11) is 0. The Morgan fingerprint density at radius 1 is 1.27 bits per heavy atom. The van der Waals surface area contributed by atoms with Crippen LogP contribution < -0.4 is 0 Å². The van der Waals surface area contributed by atoms with Crippen LogP contribution in [-0.4, -0.2) is 0 Å². The maximum atomic E-state index is 8.95. The molecule has 0 aromatic heterocycles. The van der Waals surface area contributed by atoms with Gasteiger partial charge in [-0.25, -0.2) is 0 Å². The summed E-state index contributed by atoms with van der Waals surface area (Å²) < 4.78 is 0. The average molecular weight is 153 g/mol. The molecular formula is C10H19N. The first-order chi connectivity index (χ1) is 4.92. The number of rotatable bonds is 3. The van der Waals surface area contributed by atoms with Gasteiger partial charge in [0, 0.05) is 0 Å². The lowest BCUT2D eigenvalue weighted by atomic mass is 9.75. The Bertz CT molecular complexity index is 153. The summed E-state index contributed by atoms with van der Waals surface area (Å²) in [5, 5.41) is 8.95. The smallest absolute Gasteiger partial charge is 0.0689 e. The molecular weight excluding hydrogens is 134 g/mol. The Kier molecular flexibility index (Phi) is 3.58. The van der Waals surface area contributed by atoms with Crippen LogP contribution in [-0.2, 0) is 0 Å². The molecule has 0 saturated heterocycles. The zero-order valence-electron chi connectivity index (χ0n) is 8.31. The molecule has 0 saturated carbocycles. The van der Waals surface area contributed by atoms with E-state index in [4.69, 9.17) is 5.26 Å². The van der Waals surface area contributed by atoms with Gasteiger partial charge in [-0.05, 0) is 25.2 Å². The Balaban J connectivity index is 4.26. The average Bonchev–Trinajstić information content (AvgIpc) is 1.86. The molecule has 11 heavy (non-hydrogen) atoms. The minimum atomic E-state index is -0.131. The van der Waals surface area contributed by atoms with Gasteiger partial charge in [-0.1, -0.05) is 27.7 Å². The van der Waals surface area contributed by atoms with E-state index in [-0.39, 0.29) is 5.41 Å². The predicted octanol–water partition coefficient (Wildman–Crippen LogP) is 3.22. The molecule has 0 rings (SSSR count). The van der Waals surface area contributed by atoms with Crippen LogP contribution in [0.1, 0.15) is 41.0 Å². The van der Waals surface area contributed by atoms with Gasteiger partial charge in [-0.2, -0.15) is 5.26 Å². The molecule has 0 spiro atoms. The van der Waals surface area contributed by atoms with Gasteiger partial charge in [0.1, 0.15) is 0 Å². The molecule has 1 nitrogen and oxygen atoms in total. The molecule has 0 amide bonds. The van der Waals surface area contributed by atoms with Gasteiger partial charge in [0.25, 0.3) is 0 Å². The lowest BCUT2D eigenvalue weighted by Gasteiger charge is -2.27. The van der Waals surface area contributed by atoms with Crippen LogP contribution in [0.15, 0.2) is 0 Å². The monoisotopic (exact) mass is 153 g/mol. The quantitative estimate of drug-likeness (QED) is 0.610. The highest BCUT2D eigenvalue weighted by Gasteiger charge is 2.28. The summed E-state index contributed by atoms with van der Waals surface area (Å²) in [4.78, 5) is 0. The van der Waals surface area contributed by atoms with E-state index in [2.05, 4.69) is 40.7 Å². The number of hydrogen-bond donors (Lipinski definition) is 0. The summed E-state index contributed by atoms with van der Waals surface area (Å²) in [6.45, 7) is 10.6. The van der Waals surface area contributed by atoms with Gasteiger partial charge >= 0.3 is 0 Å². The first kappa shape index (κ1) is 10.5. The van der Waals surface area contributed by atoms with Gasteiger partial charge in [-0.15, -0.1) is 0 Å². The molecule has 1 unspecified atom stereocenters. The van der Waals surface area contributed by atoms with Crippen LogP contribution in [0.3, 0.4) is 0 Å². The molecule has 0 bridgehead atoms. The van der Waals surface area contributed by atoms with Gasteiger partial charge < -0.3 is 0 Å². The third-order valence-electron chi connectivity index (χ3n) is 2.36. The minimum Gasteiger partial charge on any atom is -0.198 e. The molecule has 0 aromatic rings. The van der Waals surface area contributed by atoms with E-state index in [9.17, 15) is 0 Å². The third-order valence-corrected chi connectivity index (χ3v) is 2.36. The molecule has 1 atom stereocenters. The van der Waals surface area contributed by atoms with Crippen LogP contribution in [0.4, 0.5) is 0 Å². The van der Waals surface area contributed by atoms with Gasteiger partial charge in [0.05, 0.1) is 11.5 Å². The van der Waals surface area contributed by atoms with E-state index in [1.807, 2.05) is 0 Å². The van der Waals surface area contributed by atoms with Crippen LogP contribution in [0, 0.1) is 28.6 Å². The fourth-order valence-corrected chi connectivity index (χ4v) is 1.26. The second-order valence-corrected chi connectivity index (χ2v) is 4.28. The normalized spacial score (nSPS) is 16.5. The van der Waals surface area contributed by atoms with E-state index in [0.717, 1.165) is 6.42 Å². The Labute approximate surface area is 70.4 Å². The number of hydrogen-bond acceptors (Lipinski definition) is 1. The largest absolute Gasteiger partial charge is 0.198 e. The van der Waals surface area contributed by atoms with Crippen molar-refractivity contribution in [3.05, 3.63) is 0 Å².